The van der Waals surface area contributed by atoms with Crippen LogP contribution in [0.15, 0.2) is 49.1 Å². The van der Waals surface area contributed by atoms with Gasteiger partial charge in [-0.05, 0) is 43.2 Å². The molecule has 3 aromatic heterocycles. The van der Waals surface area contributed by atoms with Crippen molar-refractivity contribution in [2.24, 2.45) is 0 Å². The maximum atomic E-state index is 13.1. The number of para-hydroxylation sites is 1. The second kappa shape index (κ2) is 10.3. The van der Waals surface area contributed by atoms with Crippen LogP contribution >= 0.6 is 0 Å². The predicted molar refractivity (Wildman–Crippen MR) is 132 cm³/mol. The summed E-state index contributed by atoms with van der Waals surface area (Å²) in [5.74, 6) is 0.243. The number of ether oxygens (including phenoxy) is 2. The Morgan fingerprint density at radius 1 is 1.00 bits per heavy atom. The van der Waals surface area contributed by atoms with Gasteiger partial charge in [0.1, 0.15) is 29.0 Å². The van der Waals surface area contributed by atoms with Gasteiger partial charge >= 0.3 is 0 Å². The minimum atomic E-state index is -4.14. The molecule has 36 heavy (non-hydrogen) atoms. The Morgan fingerprint density at radius 3 is 2.28 bits per heavy atom. The van der Waals surface area contributed by atoms with Crippen molar-refractivity contribution in [3.63, 3.8) is 0 Å². The van der Waals surface area contributed by atoms with Crippen LogP contribution in [0.3, 0.4) is 0 Å². The first kappa shape index (κ1) is 25.0. The molecule has 0 saturated carbocycles. The molecule has 2 N–H and O–H groups in total. The highest BCUT2D eigenvalue weighted by Crippen LogP contribution is 2.37. The summed E-state index contributed by atoms with van der Waals surface area (Å²) in [5, 5.41) is 18.8. The van der Waals surface area contributed by atoms with Crippen molar-refractivity contribution in [2.45, 2.75) is 20.0 Å². The molecule has 0 saturated heterocycles. The third kappa shape index (κ3) is 5.26. The summed E-state index contributed by atoms with van der Waals surface area (Å²) in [4.78, 5) is 12.2. The number of aromatic nitrogens is 6. The van der Waals surface area contributed by atoms with Gasteiger partial charge in [-0.2, -0.15) is 0 Å². The first-order chi connectivity index (χ1) is 17.2. The number of nitrogens with zero attached hydrogens (tertiary/aromatic N) is 6. The topological polar surface area (TPSA) is 154 Å². The molecular formula is C23H25N7O5S. The molecule has 188 valence electrons. The van der Waals surface area contributed by atoms with Crippen LogP contribution in [0.2, 0.25) is 0 Å². The van der Waals surface area contributed by atoms with Gasteiger partial charge in [-0.1, -0.05) is 6.07 Å². The van der Waals surface area contributed by atoms with E-state index in [-0.39, 0.29) is 11.8 Å². The van der Waals surface area contributed by atoms with E-state index in [2.05, 4.69) is 29.9 Å². The van der Waals surface area contributed by atoms with Crippen molar-refractivity contribution in [3.8, 4) is 28.6 Å². The minimum Gasteiger partial charge on any atom is -0.494 e. The number of methoxy groups -OCH3 is 2. The van der Waals surface area contributed by atoms with Crippen LogP contribution < -0.4 is 14.2 Å². The molecule has 0 spiro atoms. The smallest absolute Gasteiger partial charge is 0.243 e. The molecule has 0 aliphatic rings. The maximum absolute atomic E-state index is 13.1. The molecule has 0 bridgehead atoms. The maximum Gasteiger partial charge on any atom is 0.243 e. The molecule has 4 rings (SSSR count). The highest BCUT2D eigenvalue weighted by molar-refractivity contribution is 7.92. The second-order valence-electron chi connectivity index (χ2n) is 7.96. The number of hydrogen-bond donors (Lipinski definition) is 2. The summed E-state index contributed by atoms with van der Waals surface area (Å²) in [7, 11) is -1.17. The van der Waals surface area contributed by atoms with E-state index in [1.54, 1.807) is 37.5 Å². The Bertz CT molecular complexity index is 1450. The molecular weight excluding hydrogens is 486 g/mol. The first-order valence-corrected chi connectivity index (χ1v) is 12.4. The number of aliphatic hydroxyl groups is 1. The zero-order chi connectivity index (χ0) is 25.9. The highest BCUT2D eigenvalue weighted by Gasteiger charge is 2.27. The molecule has 3 heterocycles. The average molecular weight is 512 g/mol. The average Bonchev–Trinajstić information content (AvgIpc) is 3.25. The van der Waals surface area contributed by atoms with Gasteiger partial charge in [-0.25, -0.2) is 18.4 Å². The lowest BCUT2D eigenvalue weighted by Crippen LogP contribution is -2.24. The lowest BCUT2D eigenvalue weighted by Gasteiger charge is -2.18. The van der Waals surface area contributed by atoms with Crippen LogP contribution in [0, 0.1) is 13.8 Å². The van der Waals surface area contributed by atoms with E-state index in [0.29, 0.717) is 28.6 Å². The summed E-state index contributed by atoms with van der Waals surface area (Å²) in [6.07, 6.45) is 4.82. The number of benzene rings is 1. The fraction of sp³-hybridized carbons (Fsp3) is 0.261. The van der Waals surface area contributed by atoms with E-state index in [1.165, 1.54) is 31.2 Å². The van der Waals surface area contributed by atoms with Gasteiger partial charge in [0, 0.05) is 30.4 Å². The number of pyridine rings is 1. The van der Waals surface area contributed by atoms with Crippen molar-refractivity contribution in [1.29, 1.82) is 0 Å². The van der Waals surface area contributed by atoms with Gasteiger partial charge in [0.2, 0.25) is 16.0 Å². The van der Waals surface area contributed by atoms with Crippen LogP contribution in [0.25, 0.3) is 17.1 Å². The molecule has 0 amide bonds. The third-order valence-electron chi connectivity index (χ3n) is 5.14. The first-order valence-electron chi connectivity index (χ1n) is 10.8. The number of aryl methyl sites for hydroxylation is 2. The molecule has 4 aromatic rings. The van der Waals surface area contributed by atoms with E-state index in [1.807, 2.05) is 13.0 Å². The Balaban J connectivity index is 1.80. The Kier molecular flexibility index (Phi) is 7.12. The largest absolute Gasteiger partial charge is 0.494 e. The van der Waals surface area contributed by atoms with Gasteiger partial charge in [-0.15, -0.1) is 10.2 Å². The quantitative estimate of drug-likeness (QED) is 0.342. The van der Waals surface area contributed by atoms with Crippen molar-refractivity contribution in [1.82, 2.24) is 29.7 Å². The molecule has 0 unspecified atom stereocenters. The van der Waals surface area contributed by atoms with Crippen molar-refractivity contribution in [3.05, 3.63) is 66.0 Å². The van der Waals surface area contributed by atoms with Crippen LogP contribution in [0.1, 0.15) is 23.1 Å². The molecule has 12 nitrogen and oxygen atoms in total. The van der Waals surface area contributed by atoms with Crippen LogP contribution in [0.5, 0.6) is 11.5 Å². The van der Waals surface area contributed by atoms with E-state index in [0.717, 1.165) is 11.1 Å². The van der Waals surface area contributed by atoms with E-state index in [9.17, 15) is 13.5 Å². The molecule has 1 aromatic carbocycles. The van der Waals surface area contributed by atoms with Gasteiger partial charge < -0.3 is 14.6 Å². The summed E-state index contributed by atoms with van der Waals surface area (Å²) < 4.78 is 41.1. The number of hydrogen-bond acceptors (Lipinski definition) is 10. The minimum absolute atomic E-state index is 0.00892. The number of nitrogens with one attached hydrogen (secondary N) is 1. The molecule has 0 fully saturated rings. The molecule has 0 radical (unpaired) electrons. The lowest BCUT2D eigenvalue weighted by molar-refractivity contribution is 0.191. The zero-order valence-corrected chi connectivity index (χ0v) is 20.9. The van der Waals surface area contributed by atoms with Gasteiger partial charge in [0.15, 0.2) is 11.6 Å². The highest BCUT2D eigenvalue weighted by atomic mass is 32.2. The number of sulfonamides is 1. The summed E-state index contributed by atoms with van der Waals surface area (Å²) in [6, 6.07) is 6.98. The predicted octanol–water partition coefficient (Wildman–Crippen LogP) is 2.23. The Labute approximate surface area is 208 Å². The Morgan fingerprint density at radius 2 is 1.67 bits per heavy atom. The van der Waals surface area contributed by atoms with E-state index < -0.39 is 21.9 Å². The number of aliphatic hydroxyl groups excluding tert-OH is 1. The molecule has 1 atom stereocenters. The van der Waals surface area contributed by atoms with E-state index >= 15 is 0 Å². The number of anilines is 1. The third-order valence-corrected chi connectivity index (χ3v) is 6.39. The zero-order valence-electron chi connectivity index (χ0n) is 20.1. The standard InChI is InChI=1S/C23H25N7O5S/c1-14-8-16(12-24-9-14)22-27-28-23(30(22)20-18(34-3)6-5-7-19(20)35-4)29-36(32,33)13-17(31)21-25-10-15(2)11-26-21/h5-12,17,31H,13H2,1-4H3,(H,28,29)/t17-/m1/s1. The fourth-order valence-electron chi connectivity index (χ4n) is 3.52. The number of rotatable bonds is 9. The molecule has 0 aliphatic carbocycles. The summed E-state index contributed by atoms with van der Waals surface area (Å²) in [6.45, 7) is 3.66. The van der Waals surface area contributed by atoms with Crippen LogP contribution in [-0.4, -0.2) is 63.2 Å². The molecule has 0 aliphatic heterocycles. The summed E-state index contributed by atoms with van der Waals surface area (Å²) >= 11 is 0. The van der Waals surface area contributed by atoms with E-state index in [4.69, 9.17) is 9.47 Å². The normalized spacial score (nSPS) is 12.2. The van der Waals surface area contributed by atoms with Crippen molar-refractivity contribution in [2.75, 3.05) is 24.7 Å². The summed E-state index contributed by atoms with van der Waals surface area (Å²) in [5.41, 5.74) is 2.62. The van der Waals surface area contributed by atoms with Gasteiger partial charge in [0.25, 0.3) is 0 Å². The fourth-order valence-corrected chi connectivity index (χ4v) is 4.57. The van der Waals surface area contributed by atoms with Gasteiger partial charge in [-0.3, -0.25) is 14.3 Å². The van der Waals surface area contributed by atoms with Crippen molar-refractivity contribution < 1.29 is 23.0 Å². The van der Waals surface area contributed by atoms with Gasteiger partial charge in [0.05, 0.1) is 14.2 Å². The Hall–Kier alpha value is -4.10. The van der Waals surface area contributed by atoms with Crippen LogP contribution in [-0.2, 0) is 10.0 Å². The second-order valence-corrected chi connectivity index (χ2v) is 9.73. The monoisotopic (exact) mass is 511 g/mol. The van der Waals surface area contributed by atoms with Crippen molar-refractivity contribution >= 4 is 16.0 Å². The SMILES string of the molecule is COc1cccc(OC)c1-n1c(NS(=O)(=O)C[C@@H](O)c2ncc(C)cn2)nnc1-c1cncc(C)c1. The lowest BCUT2D eigenvalue weighted by atomic mass is 10.2. The molecule has 13 heteroatoms. The van der Waals surface area contributed by atoms with Crippen LogP contribution in [0.4, 0.5) is 5.95 Å².